The third-order valence-electron chi connectivity index (χ3n) is 10.8. The summed E-state index contributed by atoms with van der Waals surface area (Å²) in [4.78, 5) is 69.5. The number of sulfone groups is 1. The lowest BCUT2D eigenvalue weighted by atomic mass is 9.83. The van der Waals surface area contributed by atoms with Gasteiger partial charge >= 0.3 is 6.03 Å². The predicted molar refractivity (Wildman–Crippen MR) is 197 cm³/mol. The molecule has 1 heterocycles. The minimum absolute atomic E-state index is 0.0273. The van der Waals surface area contributed by atoms with Gasteiger partial charge in [-0.2, -0.15) is 11.8 Å². The number of rotatable bonds is 14. The highest BCUT2D eigenvalue weighted by atomic mass is 32.2. The molecular weight excluding hydrogens is 679 g/mol. The van der Waals surface area contributed by atoms with E-state index in [0.29, 0.717) is 25.1 Å². The maximum absolute atomic E-state index is 14.4. The minimum atomic E-state index is -3.57. The smallest absolute Gasteiger partial charge is 0.315 e. The van der Waals surface area contributed by atoms with Crippen LogP contribution in [0.25, 0.3) is 0 Å². The van der Waals surface area contributed by atoms with Crippen LogP contribution in [0, 0.1) is 35.0 Å². The molecule has 2 aliphatic carbocycles. The maximum atomic E-state index is 14.4. The molecule has 0 bridgehead atoms. The van der Waals surface area contributed by atoms with Crippen molar-refractivity contribution in [2.45, 2.75) is 129 Å². The summed E-state index contributed by atoms with van der Waals surface area (Å²) in [6.45, 7) is 15.1. The van der Waals surface area contributed by atoms with Crippen molar-refractivity contribution in [3.8, 4) is 12.3 Å². The number of amides is 5. The van der Waals surface area contributed by atoms with Gasteiger partial charge in [0.25, 0.3) is 5.91 Å². The zero-order chi connectivity index (χ0) is 37.9. The van der Waals surface area contributed by atoms with Crippen LogP contribution in [0.5, 0.6) is 0 Å². The first-order chi connectivity index (χ1) is 23.0. The number of likely N-dealkylation sites (tertiary alicyclic amines) is 1. The Hall–Kier alpha value is -2.79. The van der Waals surface area contributed by atoms with Gasteiger partial charge in [0, 0.05) is 25.3 Å². The van der Waals surface area contributed by atoms with Gasteiger partial charge in [0.2, 0.25) is 17.6 Å². The molecule has 3 rings (SSSR count). The second-order valence-corrected chi connectivity index (χ2v) is 20.6. The van der Waals surface area contributed by atoms with E-state index in [1.54, 1.807) is 20.8 Å². The van der Waals surface area contributed by atoms with Crippen molar-refractivity contribution in [2.24, 2.45) is 22.7 Å². The van der Waals surface area contributed by atoms with E-state index in [0.717, 1.165) is 19.3 Å². The van der Waals surface area contributed by atoms with Gasteiger partial charge in [0.05, 0.1) is 22.1 Å². The summed E-state index contributed by atoms with van der Waals surface area (Å²) in [5.41, 5.74) is -1.99. The molecule has 0 aromatic carbocycles. The number of nitrogens with zero attached hydrogens (tertiary/aromatic N) is 1. The van der Waals surface area contributed by atoms with E-state index >= 15 is 0 Å². The minimum Gasteiger partial charge on any atom is -0.349 e. The van der Waals surface area contributed by atoms with Gasteiger partial charge in [-0.3, -0.25) is 19.2 Å². The van der Waals surface area contributed by atoms with Crippen LogP contribution in [0.3, 0.4) is 0 Å². The molecule has 4 N–H and O–H groups in total. The van der Waals surface area contributed by atoms with Crippen molar-refractivity contribution >= 4 is 51.1 Å². The summed E-state index contributed by atoms with van der Waals surface area (Å²) >= 11 is 1.52. The summed E-state index contributed by atoms with van der Waals surface area (Å²) in [7, 11) is -3.57. The molecule has 282 valence electrons. The number of nitrogens with one attached hydrogen (secondary N) is 4. The Morgan fingerprint density at radius 1 is 1.00 bits per heavy atom. The normalized spacial score (nSPS) is 23.8. The van der Waals surface area contributed by atoms with E-state index in [-0.39, 0.29) is 42.4 Å². The number of piperidine rings is 1. The molecule has 3 aliphatic rings. The Morgan fingerprint density at radius 3 is 2.16 bits per heavy atom. The van der Waals surface area contributed by atoms with Crippen molar-refractivity contribution in [3.05, 3.63) is 0 Å². The van der Waals surface area contributed by atoms with Crippen molar-refractivity contribution in [1.29, 1.82) is 0 Å². The fraction of sp³-hybridized carbons (Fsp3) is 0.806. The molecule has 0 spiro atoms. The standard InChI is InChI=1S/C36H59N5O7S2/c1-11-12-16-24(27(42)30(44)37-19-20-49-10)38-29(43)26-25-23(35(25,8)9)21-41(26)31(45)28(33(2,3)4)39-32(46)40-36(17-14-13-15-18-36)22-50(47,48)34(5,6)7/h1,23-26,28H,12-22H2,2-10H3,(H,37,44)(H,38,43)(H2,39,40,46)/t23-,24?,25-,26-,28+/m0/s1. The van der Waals surface area contributed by atoms with Crippen molar-refractivity contribution in [3.63, 3.8) is 0 Å². The fourth-order valence-electron chi connectivity index (χ4n) is 7.42. The van der Waals surface area contributed by atoms with E-state index in [2.05, 4.69) is 27.2 Å². The van der Waals surface area contributed by atoms with Crippen LogP contribution in [-0.2, 0) is 29.0 Å². The Labute approximate surface area is 303 Å². The predicted octanol–water partition coefficient (Wildman–Crippen LogP) is 3.05. The summed E-state index contributed by atoms with van der Waals surface area (Å²) < 4.78 is 25.6. The fourth-order valence-corrected chi connectivity index (χ4v) is 9.24. The van der Waals surface area contributed by atoms with Gasteiger partial charge in [-0.05, 0) is 69.0 Å². The second kappa shape index (κ2) is 15.8. The Balaban J connectivity index is 1.85. The van der Waals surface area contributed by atoms with Crippen LogP contribution in [-0.4, -0.2) is 102 Å². The molecule has 1 unspecified atom stereocenters. The van der Waals surface area contributed by atoms with Crippen LogP contribution >= 0.6 is 11.8 Å². The first-order valence-electron chi connectivity index (χ1n) is 17.7. The monoisotopic (exact) mass is 737 g/mol. The van der Waals surface area contributed by atoms with Crippen LogP contribution in [0.15, 0.2) is 0 Å². The Kier molecular flexibility index (Phi) is 13.2. The van der Waals surface area contributed by atoms with E-state index in [1.165, 1.54) is 16.7 Å². The molecule has 0 aromatic heterocycles. The summed E-state index contributed by atoms with van der Waals surface area (Å²) in [6.07, 6.45) is 11.1. The largest absolute Gasteiger partial charge is 0.349 e. The first-order valence-corrected chi connectivity index (χ1v) is 20.7. The average molecular weight is 738 g/mol. The lowest BCUT2D eigenvalue weighted by Crippen LogP contribution is -2.64. The highest BCUT2D eigenvalue weighted by molar-refractivity contribution is 7.98. The molecule has 14 heteroatoms. The number of terminal acetylenes is 1. The van der Waals surface area contributed by atoms with Gasteiger partial charge in [-0.25, -0.2) is 13.2 Å². The number of hydrogen-bond donors (Lipinski definition) is 4. The molecule has 0 aromatic rings. The molecule has 3 fully saturated rings. The molecule has 2 saturated carbocycles. The molecular formula is C36H59N5O7S2. The molecule has 5 amide bonds. The zero-order valence-electron chi connectivity index (χ0n) is 31.4. The van der Waals surface area contributed by atoms with E-state index in [9.17, 15) is 32.4 Å². The molecule has 0 radical (unpaired) electrons. The molecule has 1 saturated heterocycles. The van der Waals surface area contributed by atoms with Crippen molar-refractivity contribution < 1.29 is 32.4 Å². The average Bonchev–Trinajstić information content (AvgIpc) is 3.31. The first kappa shape index (κ1) is 41.6. The SMILES string of the molecule is C#CCCC(NC(=O)[C@@H]1[C@@H]2[C@H](CN1C(=O)[C@@H](NC(=O)NC1(CS(=O)(=O)C(C)(C)C)CCCCC1)C(C)(C)C)C2(C)C)C(=O)C(=O)NCCSC. The van der Waals surface area contributed by atoms with E-state index < -0.39 is 73.2 Å². The number of ketones is 1. The lowest BCUT2D eigenvalue weighted by Gasteiger charge is -2.41. The Bertz CT molecular complexity index is 1450. The van der Waals surface area contributed by atoms with E-state index in [4.69, 9.17) is 6.42 Å². The molecule has 12 nitrogen and oxygen atoms in total. The van der Waals surface area contributed by atoms with Gasteiger partial charge in [-0.1, -0.05) is 53.9 Å². The van der Waals surface area contributed by atoms with Gasteiger partial charge in [0.15, 0.2) is 9.84 Å². The van der Waals surface area contributed by atoms with Crippen LogP contribution in [0.4, 0.5) is 4.79 Å². The van der Waals surface area contributed by atoms with Crippen LogP contribution in [0.2, 0.25) is 0 Å². The number of urea groups is 1. The number of hydrogen-bond acceptors (Lipinski definition) is 8. The van der Waals surface area contributed by atoms with E-state index in [1.807, 2.05) is 40.9 Å². The topological polar surface area (TPSA) is 171 Å². The van der Waals surface area contributed by atoms with Crippen molar-refractivity contribution in [2.75, 3.05) is 30.9 Å². The molecule has 1 aliphatic heterocycles. The summed E-state index contributed by atoms with van der Waals surface area (Å²) in [5.74, 6) is 0.124. The maximum Gasteiger partial charge on any atom is 0.315 e. The summed E-state index contributed by atoms with van der Waals surface area (Å²) in [6, 6.07) is -3.79. The number of thioether (sulfide) groups is 1. The van der Waals surface area contributed by atoms with Gasteiger partial charge in [0.1, 0.15) is 12.1 Å². The number of Topliss-reactive ketones (excluding diaryl/α,β-unsaturated/α-hetero) is 1. The molecule has 5 atom stereocenters. The summed E-state index contributed by atoms with van der Waals surface area (Å²) in [5, 5.41) is 11.2. The highest BCUT2D eigenvalue weighted by Gasteiger charge is 2.70. The Morgan fingerprint density at radius 2 is 1.62 bits per heavy atom. The number of carbonyl (C=O) groups excluding carboxylic acids is 5. The number of fused-ring (bicyclic) bond motifs is 1. The van der Waals surface area contributed by atoms with Gasteiger partial charge in [-0.15, -0.1) is 12.3 Å². The third kappa shape index (κ3) is 9.55. The van der Waals surface area contributed by atoms with Gasteiger partial charge < -0.3 is 26.2 Å². The second-order valence-electron chi connectivity index (χ2n) is 16.9. The van der Waals surface area contributed by atoms with Crippen LogP contribution < -0.4 is 21.3 Å². The lowest BCUT2D eigenvalue weighted by molar-refractivity contribution is -0.145. The highest BCUT2D eigenvalue weighted by Crippen LogP contribution is 2.65. The van der Waals surface area contributed by atoms with Crippen molar-refractivity contribution in [1.82, 2.24) is 26.2 Å². The van der Waals surface area contributed by atoms with Crippen LogP contribution in [0.1, 0.15) is 100 Å². The molecule has 50 heavy (non-hydrogen) atoms. The third-order valence-corrected chi connectivity index (χ3v) is 14.2. The number of carbonyl (C=O) groups is 5. The zero-order valence-corrected chi connectivity index (χ0v) is 33.0. The quantitative estimate of drug-likeness (QED) is 0.120.